The Morgan fingerprint density at radius 3 is 1.22 bits per heavy atom. The van der Waals surface area contributed by atoms with Gasteiger partial charge in [0.1, 0.15) is 0 Å². The molecule has 0 atom stereocenters. The molecule has 0 aliphatic carbocycles. The molecule has 0 aromatic heterocycles. The molecule has 0 saturated carbocycles. The maximum absolute atomic E-state index is 12.6. The first-order valence-corrected chi connectivity index (χ1v) is 9.61. The number of hydrogen-bond donors (Lipinski definition) is 0. The molecule has 142 valence electrons. The SMILES string of the molecule is CCCCCCCCCCCCCCCC[N+](C)(C)C(F)F.[Cl-]. The third-order valence-corrected chi connectivity index (χ3v) is 4.62. The van der Waals surface area contributed by atoms with Crippen molar-refractivity contribution >= 4 is 0 Å². The predicted octanol–water partition coefficient (Wildman–Crippen LogP) is 3.77. The van der Waals surface area contributed by atoms with Gasteiger partial charge >= 0.3 is 6.55 Å². The fraction of sp³-hybridized carbons (Fsp3) is 1.00. The van der Waals surface area contributed by atoms with Crippen molar-refractivity contribution < 1.29 is 25.7 Å². The van der Waals surface area contributed by atoms with E-state index in [1.807, 2.05) is 0 Å². The number of halogens is 3. The summed E-state index contributed by atoms with van der Waals surface area (Å²) in [7, 11) is 3.24. The molecule has 0 radical (unpaired) electrons. The maximum atomic E-state index is 12.6. The molecule has 0 aliphatic heterocycles. The molecule has 23 heavy (non-hydrogen) atoms. The smallest absolute Gasteiger partial charge is 0.380 e. The van der Waals surface area contributed by atoms with Crippen LogP contribution in [0.2, 0.25) is 0 Å². The molecule has 0 saturated heterocycles. The van der Waals surface area contributed by atoms with E-state index in [2.05, 4.69) is 6.92 Å². The van der Waals surface area contributed by atoms with E-state index < -0.39 is 6.55 Å². The molecular weight excluding hydrogens is 316 g/mol. The first kappa shape index (κ1) is 25.4. The number of unbranched alkanes of at least 4 members (excludes halogenated alkanes) is 13. The summed E-state index contributed by atoms with van der Waals surface area (Å²) in [6.45, 7) is 0.608. The molecule has 0 unspecified atom stereocenters. The van der Waals surface area contributed by atoms with Gasteiger partial charge in [0.15, 0.2) is 0 Å². The Kier molecular flexibility index (Phi) is 18.7. The van der Waals surface area contributed by atoms with E-state index in [-0.39, 0.29) is 16.9 Å². The summed E-state index contributed by atoms with van der Waals surface area (Å²) >= 11 is 0. The van der Waals surface area contributed by atoms with Crippen LogP contribution in [0.4, 0.5) is 8.78 Å². The second kappa shape index (κ2) is 17.0. The number of alkyl halides is 2. The molecule has 0 spiro atoms. The second-order valence-electron chi connectivity index (χ2n) is 7.38. The number of rotatable bonds is 16. The van der Waals surface area contributed by atoms with Crippen LogP contribution in [0.25, 0.3) is 0 Å². The highest BCUT2D eigenvalue weighted by Crippen LogP contribution is 2.15. The zero-order chi connectivity index (χ0) is 16.7. The number of nitrogens with zero attached hydrogens (tertiary/aromatic N) is 1. The minimum atomic E-state index is -2.25. The van der Waals surface area contributed by atoms with E-state index >= 15 is 0 Å². The largest absolute Gasteiger partial charge is 1.00 e. The van der Waals surface area contributed by atoms with Crippen molar-refractivity contribution in [2.45, 2.75) is 103 Å². The summed E-state index contributed by atoms with van der Waals surface area (Å²) in [4.78, 5) is 0. The van der Waals surface area contributed by atoms with Gasteiger partial charge in [0.2, 0.25) is 0 Å². The van der Waals surface area contributed by atoms with Crippen molar-refractivity contribution in [2.75, 3.05) is 20.6 Å². The molecule has 0 aromatic carbocycles. The van der Waals surface area contributed by atoms with E-state index in [4.69, 9.17) is 0 Å². The fourth-order valence-corrected chi connectivity index (χ4v) is 2.81. The number of hydrogen-bond acceptors (Lipinski definition) is 0. The van der Waals surface area contributed by atoms with Gasteiger partial charge in [-0.2, -0.15) is 8.78 Å². The van der Waals surface area contributed by atoms with Gasteiger partial charge in [-0.25, -0.2) is 0 Å². The molecule has 0 bridgehead atoms. The molecule has 0 heterocycles. The lowest BCUT2D eigenvalue weighted by Crippen LogP contribution is -3.00. The maximum Gasteiger partial charge on any atom is 0.380 e. The van der Waals surface area contributed by atoms with E-state index in [1.54, 1.807) is 14.1 Å². The van der Waals surface area contributed by atoms with Crippen LogP contribution in [-0.4, -0.2) is 31.7 Å². The van der Waals surface area contributed by atoms with Crippen molar-refractivity contribution in [3.63, 3.8) is 0 Å². The average molecular weight is 356 g/mol. The summed E-state index contributed by atoms with van der Waals surface area (Å²) in [5, 5.41) is 0. The Morgan fingerprint density at radius 2 is 0.913 bits per heavy atom. The van der Waals surface area contributed by atoms with Gasteiger partial charge in [0, 0.05) is 0 Å². The van der Waals surface area contributed by atoms with Crippen molar-refractivity contribution in [1.29, 1.82) is 0 Å². The summed E-state index contributed by atoms with van der Waals surface area (Å²) in [6.07, 6.45) is 18.3. The monoisotopic (exact) mass is 355 g/mol. The standard InChI is InChI=1S/C19H40F2N.ClH/c1-4-5-6-7-8-9-10-11-12-13-14-15-16-17-18-22(2,3)19(20)21;/h19H,4-18H2,1-3H3;1H/q+1;/p-1. The molecule has 1 nitrogen and oxygen atoms in total. The normalized spacial score (nSPS) is 11.7. The van der Waals surface area contributed by atoms with Crippen LogP contribution in [0.15, 0.2) is 0 Å². The van der Waals surface area contributed by atoms with Gasteiger partial charge < -0.3 is 12.4 Å². The molecule has 0 fully saturated rings. The predicted molar refractivity (Wildman–Crippen MR) is 93.3 cm³/mol. The van der Waals surface area contributed by atoms with Crippen LogP contribution in [0, 0.1) is 0 Å². The van der Waals surface area contributed by atoms with E-state index in [0.717, 1.165) is 12.8 Å². The summed E-state index contributed by atoms with van der Waals surface area (Å²) in [5.41, 5.74) is 0. The Morgan fingerprint density at radius 1 is 0.609 bits per heavy atom. The minimum absolute atomic E-state index is 0. The highest BCUT2D eigenvalue weighted by Gasteiger charge is 2.26. The van der Waals surface area contributed by atoms with Crippen LogP contribution in [0.3, 0.4) is 0 Å². The zero-order valence-corrected chi connectivity index (χ0v) is 16.5. The molecule has 0 rings (SSSR count). The minimum Gasteiger partial charge on any atom is -1.00 e. The Bertz CT molecular complexity index is 235. The van der Waals surface area contributed by atoms with Crippen molar-refractivity contribution in [1.82, 2.24) is 0 Å². The third kappa shape index (κ3) is 16.7. The van der Waals surface area contributed by atoms with Crippen LogP contribution >= 0.6 is 0 Å². The van der Waals surface area contributed by atoms with Crippen molar-refractivity contribution in [2.24, 2.45) is 0 Å². The Labute approximate surface area is 150 Å². The van der Waals surface area contributed by atoms with Gasteiger partial charge in [-0.05, 0) is 12.8 Å². The quantitative estimate of drug-likeness (QED) is 0.224. The van der Waals surface area contributed by atoms with Gasteiger partial charge in [0.25, 0.3) is 0 Å². The summed E-state index contributed by atoms with van der Waals surface area (Å²) in [5.74, 6) is 0. The van der Waals surface area contributed by atoms with Crippen LogP contribution < -0.4 is 12.4 Å². The Hall–Kier alpha value is 0.110. The van der Waals surface area contributed by atoms with Crippen LogP contribution in [-0.2, 0) is 0 Å². The number of quaternary nitrogens is 1. The Balaban J connectivity index is 0. The topological polar surface area (TPSA) is 0 Å². The van der Waals surface area contributed by atoms with Crippen LogP contribution in [0.5, 0.6) is 0 Å². The zero-order valence-electron chi connectivity index (χ0n) is 15.8. The van der Waals surface area contributed by atoms with E-state index in [9.17, 15) is 8.78 Å². The van der Waals surface area contributed by atoms with E-state index in [1.165, 1.54) is 77.0 Å². The molecule has 0 amide bonds. The molecule has 4 heteroatoms. The average Bonchev–Trinajstić information content (AvgIpc) is 2.47. The highest BCUT2D eigenvalue weighted by molar-refractivity contribution is 4.49. The summed E-state index contributed by atoms with van der Waals surface area (Å²) < 4.78 is 25.1. The van der Waals surface area contributed by atoms with E-state index in [0.29, 0.717) is 6.54 Å². The van der Waals surface area contributed by atoms with Crippen molar-refractivity contribution in [3.05, 3.63) is 0 Å². The first-order chi connectivity index (χ1) is 10.5. The lowest BCUT2D eigenvalue weighted by Gasteiger charge is -2.27. The van der Waals surface area contributed by atoms with Crippen molar-refractivity contribution in [3.8, 4) is 0 Å². The van der Waals surface area contributed by atoms with Gasteiger partial charge in [-0.3, -0.25) is 4.48 Å². The molecule has 0 aromatic rings. The molecule has 0 N–H and O–H groups in total. The van der Waals surface area contributed by atoms with Gasteiger partial charge in [-0.1, -0.05) is 84.0 Å². The lowest BCUT2D eigenvalue weighted by molar-refractivity contribution is -0.945. The van der Waals surface area contributed by atoms with Crippen LogP contribution in [0.1, 0.15) is 96.8 Å². The molecular formula is C19H40ClF2N. The lowest BCUT2D eigenvalue weighted by atomic mass is 10.0. The molecule has 0 aliphatic rings. The fourth-order valence-electron chi connectivity index (χ4n) is 2.81. The van der Waals surface area contributed by atoms with Gasteiger partial charge in [0.05, 0.1) is 20.6 Å². The second-order valence-corrected chi connectivity index (χ2v) is 7.38. The van der Waals surface area contributed by atoms with Gasteiger partial charge in [-0.15, -0.1) is 0 Å². The first-order valence-electron chi connectivity index (χ1n) is 9.61. The highest BCUT2D eigenvalue weighted by atomic mass is 35.5. The summed E-state index contributed by atoms with van der Waals surface area (Å²) in [6, 6.07) is 0. The third-order valence-electron chi connectivity index (χ3n) is 4.62.